The molecule has 3 heterocycles. The van der Waals surface area contributed by atoms with E-state index in [1.807, 2.05) is 36.5 Å². The van der Waals surface area contributed by atoms with E-state index in [0.29, 0.717) is 32.1 Å². The summed E-state index contributed by atoms with van der Waals surface area (Å²) in [5.74, 6) is 0.674. The Balaban J connectivity index is 1.77. The van der Waals surface area contributed by atoms with Gasteiger partial charge in [-0.15, -0.1) is 0 Å². The third-order valence-electron chi connectivity index (χ3n) is 4.82. The van der Waals surface area contributed by atoms with Crippen molar-refractivity contribution >= 4 is 10.0 Å². The average molecular weight is 345 g/mol. The number of aromatic nitrogens is 2. The lowest BCUT2D eigenvalue weighted by Gasteiger charge is -2.34. The molecule has 1 saturated heterocycles. The number of sulfonamides is 1. The van der Waals surface area contributed by atoms with E-state index in [1.165, 1.54) is 10.6 Å². The van der Waals surface area contributed by atoms with Crippen molar-refractivity contribution in [3.05, 3.63) is 47.8 Å². The van der Waals surface area contributed by atoms with Crippen LogP contribution in [-0.4, -0.2) is 48.6 Å². The maximum absolute atomic E-state index is 11.9. The number of rotatable bonds is 2. The molecule has 1 atom stereocenters. The molecule has 4 rings (SSSR count). The van der Waals surface area contributed by atoms with Gasteiger partial charge < -0.3 is 4.74 Å². The lowest BCUT2D eigenvalue weighted by atomic mass is 9.80. The van der Waals surface area contributed by atoms with E-state index in [1.54, 1.807) is 0 Å². The molecule has 6 nitrogen and oxygen atoms in total. The summed E-state index contributed by atoms with van der Waals surface area (Å²) in [5.41, 5.74) is 2.48. The molecule has 0 N–H and O–H groups in total. The Morgan fingerprint density at radius 2 is 2.04 bits per heavy atom. The zero-order valence-corrected chi connectivity index (χ0v) is 14.3. The quantitative estimate of drug-likeness (QED) is 0.826. The minimum absolute atomic E-state index is 0.372. The Morgan fingerprint density at radius 1 is 1.25 bits per heavy atom. The van der Waals surface area contributed by atoms with Gasteiger partial charge in [-0.3, -0.25) is 0 Å². The van der Waals surface area contributed by atoms with Crippen molar-refractivity contribution in [1.82, 2.24) is 14.3 Å². The SMILES string of the molecule is CS(=O)(=O)N1CC[C@]2(COCc3cnc(-c4ccccc4)nc32)C1. The lowest BCUT2D eigenvalue weighted by molar-refractivity contribution is 0.0532. The van der Waals surface area contributed by atoms with Crippen LogP contribution in [0.5, 0.6) is 0 Å². The first-order valence-electron chi connectivity index (χ1n) is 7.93. The van der Waals surface area contributed by atoms with Crippen LogP contribution in [0.25, 0.3) is 11.4 Å². The van der Waals surface area contributed by atoms with E-state index in [0.717, 1.165) is 23.2 Å². The number of hydrogen-bond donors (Lipinski definition) is 0. The molecule has 1 spiro atoms. The fourth-order valence-corrected chi connectivity index (χ4v) is 4.46. The molecule has 126 valence electrons. The zero-order chi connectivity index (χ0) is 16.8. The topological polar surface area (TPSA) is 72.4 Å². The van der Waals surface area contributed by atoms with E-state index < -0.39 is 10.0 Å². The number of ether oxygens (including phenoxy) is 1. The van der Waals surface area contributed by atoms with Gasteiger partial charge in [-0.2, -0.15) is 0 Å². The predicted molar refractivity (Wildman–Crippen MR) is 89.8 cm³/mol. The van der Waals surface area contributed by atoms with Gasteiger partial charge in [0, 0.05) is 30.4 Å². The monoisotopic (exact) mass is 345 g/mol. The molecule has 0 aliphatic carbocycles. The van der Waals surface area contributed by atoms with Crippen molar-refractivity contribution in [2.75, 3.05) is 26.0 Å². The third kappa shape index (κ3) is 2.62. The van der Waals surface area contributed by atoms with Crippen LogP contribution >= 0.6 is 0 Å². The van der Waals surface area contributed by atoms with Crippen LogP contribution in [0.2, 0.25) is 0 Å². The standard InChI is InChI=1S/C17H19N3O3S/c1-24(21,22)20-8-7-17(11-20)12-23-10-14-9-18-16(19-15(14)17)13-5-3-2-4-6-13/h2-6,9H,7-8,10-12H2,1H3/t17-/m1/s1. The minimum Gasteiger partial charge on any atom is -0.376 e. The number of hydrogen-bond acceptors (Lipinski definition) is 5. The van der Waals surface area contributed by atoms with Crippen molar-refractivity contribution in [2.45, 2.75) is 18.4 Å². The third-order valence-corrected chi connectivity index (χ3v) is 6.07. The molecule has 2 aromatic rings. The Hall–Kier alpha value is -1.83. The van der Waals surface area contributed by atoms with Crippen molar-refractivity contribution in [2.24, 2.45) is 0 Å². The molecular weight excluding hydrogens is 326 g/mol. The Morgan fingerprint density at radius 3 is 2.75 bits per heavy atom. The van der Waals surface area contributed by atoms with Gasteiger partial charge in [0.15, 0.2) is 5.82 Å². The molecule has 24 heavy (non-hydrogen) atoms. The van der Waals surface area contributed by atoms with Gasteiger partial charge in [-0.05, 0) is 6.42 Å². The molecule has 7 heteroatoms. The van der Waals surface area contributed by atoms with E-state index >= 15 is 0 Å². The van der Waals surface area contributed by atoms with Gasteiger partial charge in [0.25, 0.3) is 0 Å². The van der Waals surface area contributed by atoms with E-state index in [-0.39, 0.29) is 5.41 Å². The van der Waals surface area contributed by atoms with E-state index in [2.05, 4.69) is 4.98 Å². The van der Waals surface area contributed by atoms with Gasteiger partial charge in [0.2, 0.25) is 10.0 Å². The summed E-state index contributed by atoms with van der Waals surface area (Å²) >= 11 is 0. The van der Waals surface area contributed by atoms with Crippen molar-refractivity contribution in [3.63, 3.8) is 0 Å². The summed E-state index contributed by atoms with van der Waals surface area (Å²) in [5, 5.41) is 0. The summed E-state index contributed by atoms with van der Waals surface area (Å²) in [7, 11) is -3.21. The number of fused-ring (bicyclic) bond motifs is 2. The largest absolute Gasteiger partial charge is 0.376 e. The predicted octanol–water partition coefficient (Wildman–Crippen LogP) is 1.58. The first-order chi connectivity index (χ1) is 11.5. The second-order valence-electron chi connectivity index (χ2n) is 6.55. The van der Waals surface area contributed by atoms with E-state index in [4.69, 9.17) is 9.72 Å². The fraction of sp³-hybridized carbons (Fsp3) is 0.412. The highest BCUT2D eigenvalue weighted by Gasteiger charge is 2.47. The van der Waals surface area contributed by atoms with Gasteiger partial charge >= 0.3 is 0 Å². The van der Waals surface area contributed by atoms with Crippen molar-refractivity contribution < 1.29 is 13.2 Å². The minimum atomic E-state index is -3.21. The van der Waals surface area contributed by atoms with Crippen LogP contribution in [0.1, 0.15) is 17.7 Å². The zero-order valence-electron chi connectivity index (χ0n) is 13.5. The average Bonchev–Trinajstić information content (AvgIpc) is 3.01. The highest BCUT2D eigenvalue weighted by Crippen LogP contribution is 2.40. The molecule has 0 saturated carbocycles. The van der Waals surface area contributed by atoms with Gasteiger partial charge in [-0.25, -0.2) is 22.7 Å². The molecule has 1 aromatic heterocycles. The normalized spacial score (nSPS) is 24.2. The first-order valence-corrected chi connectivity index (χ1v) is 9.77. The van der Waals surface area contributed by atoms with Crippen LogP contribution in [0.15, 0.2) is 36.5 Å². The molecule has 0 amide bonds. The second kappa shape index (κ2) is 5.61. The summed E-state index contributed by atoms with van der Waals surface area (Å²) in [6.07, 6.45) is 3.79. The van der Waals surface area contributed by atoms with Crippen LogP contribution < -0.4 is 0 Å². The maximum atomic E-state index is 11.9. The fourth-order valence-electron chi connectivity index (χ4n) is 3.55. The second-order valence-corrected chi connectivity index (χ2v) is 8.54. The van der Waals surface area contributed by atoms with Gasteiger partial charge in [0.1, 0.15) is 0 Å². The molecule has 2 aliphatic rings. The summed E-state index contributed by atoms with van der Waals surface area (Å²) < 4.78 is 31.1. The molecule has 0 bridgehead atoms. The Labute approximate surface area is 141 Å². The Bertz CT molecular complexity index is 870. The molecule has 1 fully saturated rings. The first kappa shape index (κ1) is 15.7. The van der Waals surface area contributed by atoms with Crippen molar-refractivity contribution in [3.8, 4) is 11.4 Å². The molecule has 1 aromatic carbocycles. The lowest BCUT2D eigenvalue weighted by Crippen LogP contribution is -2.41. The van der Waals surface area contributed by atoms with E-state index in [9.17, 15) is 8.42 Å². The molecule has 0 radical (unpaired) electrons. The van der Waals surface area contributed by atoms with Crippen LogP contribution in [0.4, 0.5) is 0 Å². The highest BCUT2D eigenvalue weighted by atomic mass is 32.2. The smallest absolute Gasteiger partial charge is 0.211 e. The van der Waals surface area contributed by atoms with Gasteiger partial charge in [0.05, 0.1) is 30.6 Å². The van der Waals surface area contributed by atoms with Gasteiger partial charge in [-0.1, -0.05) is 30.3 Å². The molecule has 0 unspecified atom stereocenters. The molecular formula is C17H19N3O3S. The number of nitrogens with zero attached hydrogens (tertiary/aromatic N) is 3. The summed E-state index contributed by atoms with van der Waals surface area (Å²) in [6, 6.07) is 9.82. The number of benzene rings is 1. The van der Waals surface area contributed by atoms with Crippen molar-refractivity contribution in [1.29, 1.82) is 0 Å². The summed E-state index contributed by atoms with van der Waals surface area (Å²) in [6.45, 7) is 1.90. The highest BCUT2D eigenvalue weighted by molar-refractivity contribution is 7.88. The van der Waals surface area contributed by atoms with Crippen LogP contribution in [0.3, 0.4) is 0 Å². The summed E-state index contributed by atoms with van der Waals surface area (Å²) in [4.78, 5) is 9.28. The molecule has 2 aliphatic heterocycles. The maximum Gasteiger partial charge on any atom is 0.211 e. The van der Waals surface area contributed by atoms with Crippen LogP contribution in [-0.2, 0) is 26.8 Å². The van der Waals surface area contributed by atoms with Crippen LogP contribution in [0, 0.1) is 0 Å². The Kier molecular flexibility index (Phi) is 3.67.